The number of nitrogens with zero attached hydrogens (tertiary/aromatic N) is 2. The number of aliphatic carboxylic acids is 2. The van der Waals surface area contributed by atoms with Gasteiger partial charge >= 0.3 is 11.9 Å². The first kappa shape index (κ1) is 38.2. The molecule has 0 bridgehead atoms. The van der Waals surface area contributed by atoms with E-state index in [4.69, 9.17) is 14.4 Å². The number of carboxylic acid groups (broad SMARTS) is 2. The van der Waals surface area contributed by atoms with Crippen LogP contribution >= 0.6 is 12.9 Å². The maximum absolute atomic E-state index is 12.2. The van der Waals surface area contributed by atoms with Gasteiger partial charge in [0.25, 0.3) is 10.1 Å². The minimum atomic E-state index is -4.42. The quantitative estimate of drug-likeness (QED) is 0.0399. The molecule has 0 amide bonds. The first-order valence-corrected chi connectivity index (χ1v) is 18.8. The molecule has 2 unspecified atom stereocenters. The SMILES string of the molecule is CCN1/C(=C/C=C/C2=[N+](CC)c3ccc(OS)cc3C2(C)CCCCCC(=O)O)C(C)(CCCCCC(=O)O)c2cc(S(=O)(=O)O)ccc21. The number of allylic oxidation sites excluding steroid dienone is 4. The monoisotopic (exact) mass is 713 g/mol. The Balaban J connectivity index is 1.76. The van der Waals surface area contributed by atoms with E-state index < -0.39 is 27.5 Å². The van der Waals surface area contributed by atoms with Crippen LogP contribution < -0.4 is 9.08 Å². The zero-order chi connectivity index (χ0) is 36.0. The first-order chi connectivity index (χ1) is 23.2. The molecule has 12 heteroatoms. The number of carboxylic acids is 2. The summed E-state index contributed by atoms with van der Waals surface area (Å²) in [5, 5.41) is 18.2. The van der Waals surface area contributed by atoms with Crippen molar-refractivity contribution in [2.24, 2.45) is 0 Å². The fourth-order valence-electron chi connectivity index (χ4n) is 7.58. The van der Waals surface area contributed by atoms with Gasteiger partial charge in [-0.3, -0.25) is 14.1 Å². The third-order valence-electron chi connectivity index (χ3n) is 10.1. The van der Waals surface area contributed by atoms with Crippen LogP contribution in [0.4, 0.5) is 11.4 Å². The zero-order valence-corrected chi connectivity index (χ0v) is 30.5. The zero-order valence-electron chi connectivity index (χ0n) is 28.8. The molecule has 2 aliphatic heterocycles. The van der Waals surface area contributed by atoms with E-state index in [1.165, 1.54) is 6.07 Å². The molecular formula is C37H49N2O8S2+. The number of hydrogen-bond donors (Lipinski definition) is 4. The highest BCUT2D eigenvalue weighted by Crippen LogP contribution is 2.51. The van der Waals surface area contributed by atoms with Gasteiger partial charge < -0.3 is 19.3 Å². The first-order valence-electron chi connectivity index (χ1n) is 17.0. The van der Waals surface area contributed by atoms with Crippen LogP contribution in [0.3, 0.4) is 0 Å². The lowest BCUT2D eigenvalue weighted by atomic mass is 9.75. The van der Waals surface area contributed by atoms with E-state index in [0.717, 1.165) is 72.6 Å². The van der Waals surface area contributed by atoms with Gasteiger partial charge in [-0.05, 0) is 95.3 Å². The van der Waals surface area contributed by atoms with Gasteiger partial charge in [0.15, 0.2) is 5.71 Å². The molecule has 0 aromatic heterocycles. The second kappa shape index (κ2) is 15.9. The van der Waals surface area contributed by atoms with Gasteiger partial charge in [-0.2, -0.15) is 13.0 Å². The molecule has 0 saturated heterocycles. The third-order valence-corrected chi connectivity index (χ3v) is 11.2. The second-order valence-corrected chi connectivity index (χ2v) is 14.9. The molecule has 0 spiro atoms. The number of thiol groups is 1. The summed E-state index contributed by atoms with van der Waals surface area (Å²) in [5.41, 5.74) is 5.02. The van der Waals surface area contributed by atoms with Crippen molar-refractivity contribution in [3.05, 3.63) is 71.5 Å². The van der Waals surface area contributed by atoms with E-state index >= 15 is 0 Å². The topological polar surface area (TPSA) is 144 Å². The molecule has 10 nitrogen and oxygen atoms in total. The van der Waals surface area contributed by atoms with Gasteiger partial charge in [-0.1, -0.05) is 31.8 Å². The second-order valence-electron chi connectivity index (χ2n) is 13.3. The van der Waals surface area contributed by atoms with Gasteiger partial charge in [0.1, 0.15) is 12.3 Å². The summed E-state index contributed by atoms with van der Waals surface area (Å²) in [6.45, 7) is 9.83. The van der Waals surface area contributed by atoms with Crippen molar-refractivity contribution in [1.29, 1.82) is 0 Å². The Bertz CT molecular complexity index is 1770. The highest BCUT2D eigenvalue weighted by Gasteiger charge is 2.47. The number of likely N-dealkylation sites (N-methyl/N-ethyl adjacent to an activating group) is 1. The predicted octanol–water partition coefficient (Wildman–Crippen LogP) is 7.84. The predicted molar refractivity (Wildman–Crippen MR) is 194 cm³/mol. The Morgan fingerprint density at radius 1 is 0.898 bits per heavy atom. The maximum atomic E-state index is 12.2. The van der Waals surface area contributed by atoms with E-state index in [2.05, 4.69) is 61.4 Å². The summed E-state index contributed by atoms with van der Waals surface area (Å²) in [7, 11) is -4.42. The molecule has 266 valence electrons. The Morgan fingerprint density at radius 2 is 1.53 bits per heavy atom. The molecular weight excluding hydrogens is 665 g/mol. The summed E-state index contributed by atoms with van der Waals surface area (Å²) >= 11 is 4.05. The lowest BCUT2D eigenvalue weighted by Crippen LogP contribution is -2.31. The van der Waals surface area contributed by atoms with Crippen LogP contribution in [0.2, 0.25) is 0 Å². The van der Waals surface area contributed by atoms with Crippen LogP contribution in [0.5, 0.6) is 5.75 Å². The van der Waals surface area contributed by atoms with Crippen molar-refractivity contribution in [2.45, 2.75) is 108 Å². The molecule has 2 aliphatic rings. The fourth-order valence-corrected chi connectivity index (χ4v) is 8.20. The van der Waals surface area contributed by atoms with Crippen molar-refractivity contribution in [2.75, 3.05) is 18.0 Å². The largest absolute Gasteiger partial charge is 0.481 e. The minimum absolute atomic E-state index is 0.0988. The number of rotatable bonds is 18. The molecule has 2 atom stereocenters. The Labute approximate surface area is 295 Å². The molecule has 49 heavy (non-hydrogen) atoms. The highest BCUT2D eigenvalue weighted by atomic mass is 32.2. The van der Waals surface area contributed by atoms with E-state index in [9.17, 15) is 22.6 Å². The molecule has 0 radical (unpaired) electrons. The van der Waals surface area contributed by atoms with Crippen molar-refractivity contribution >= 4 is 52.1 Å². The van der Waals surface area contributed by atoms with E-state index in [0.29, 0.717) is 31.6 Å². The molecule has 0 saturated carbocycles. The van der Waals surface area contributed by atoms with Crippen LogP contribution in [0, 0.1) is 0 Å². The van der Waals surface area contributed by atoms with Gasteiger partial charge in [0.05, 0.1) is 10.3 Å². The van der Waals surface area contributed by atoms with Gasteiger partial charge in [0.2, 0.25) is 5.69 Å². The van der Waals surface area contributed by atoms with Crippen molar-refractivity contribution < 1.29 is 41.5 Å². The normalized spacial score (nSPS) is 21.1. The van der Waals surface area contributed by atoms with Crippen molar-refractivity contribution in [3.8, 4) is 5.75 Å². The molecule has 2 heterocycles. The van der Waals surface area contributed by atoms with E-state index in [-0.39, 0.29) is 23.2 Å². The number of anilines is 1. The van der Waals surface area contributed by atoms with Gasteiger partial charge in [-0.15, -0.1) is 0 Å². The lowest BCUT2D eigenvalue weighted by molar-refractivity contribution is -0.433. The number of unbranched alkanes of at least 4 members (excludes halogenated alkanes) is 4. The summed E-state index contributed by atoms with van der Waals surface area (Å²) in [6.07, 6.45) is 12.3. The lowest BCUT2D eigenvalue weighted by Gasteiger charge is -2.30. The summed E-state index contributed by atoms with van der Waals surface area (Å²) in [5.74, 6) is -0.967. The van der Waals surface area contributed by atoms with Crippen molar-refractivity contribution in [3.63, 3.8) is 0 Å². The summed E-state index contributed by atoms with van der Waals surface area (Å²) < 4.78 is 41.8. The smallest absolute Gasteiger partial charge is 0.303 e. The van der Waals surface area contributed by atoms with Crippen LogP contribution in [-0.2, 0) is 30.5 Å². The standard InChI is InChI=1S/C37H48N2O8S2/c1-5-38-30-20-18-26(47-48)24-28(30)36(3,22-11-7-9-16-34(40)41)32(38)14-13-15-33-37(4,23-12-8-10-17-35(42)43)29-25-27(49(44,45)46)19-21-31(29)39(33)6-2/h13-15,18-21,24-25H,5-12,16-17,22-23H2,1-4H3,(H3-,40,41,42,43,44,45,46,48)/p+1. The third kappa shape index (κ3) is 8.24. The Hall–Kier alpha value is -3.61. The maximum Gasteiger partial charge on any atom is 0.303 e. The van der Waals surface area contributed by atoms with E-state index in [1.807, 2.05) is 25.1 Å². The minimum Gasteiger partial charge on any atom is -0.481 e. The molecule has 2 aromatic carbocycles. The summed E-state index contributed by atoms with van der Waals surface area (Å²) in [6, 6.07) is 10.7. The number of fused-ring (bicyclic) bond motifs is 2. The van der Waals surface area contributed by atoms with Crippen LogP contribution in [0.15, 0.2) is 65.2 Å². The number of carbonyl (C=O) groups is 2. The molecule has 0 fully saturated rings. The number of benzene rings is 2. The highest BCUT2D eigenvalue weighted by molar-refractivity contribution is 7.85. The van der Waals surface area contributed by atoms with Crippen LogP contribution in [0.25, 0.3) is 0 Å². The van der Waals surface area contributed by atoms with E-state index in [1.54, 1.807) is 12.1 Å². The Kier molecular flexibility index (Phi) is 12.4. The molecule has 2 aromatic rings. The van der Waals surface area contributed by atoms with Crippen LogP contribution in [-0.4, -0.2) is 58.5 Å². The molecule has 3 N–H and O–H groups in total. The van der Waals surface area contributed by atoms with Gasteiger partial charge in [0, 0.05) is 66.8 Å². The summed E-state index contributed by atoms with van der Waals surface area (Å²) in [4.78, 5) is 24.2. The Morgan fingerprint density at radius 3 is 2.08 bits per heavy atom. The average Bonchev–Trinajstić information content (AvgIpc) is 3.43. The molecule has 0 aliphatic carbocycles. The van der Waals surface area contributed by atoms with Gasteiger partial charge in [-0.25, -0.2) is 0 Å². The number of hydrogen-bond acceptors (Lipinski definition) is 7. The molecule has 4 rings (SSSR count). The van der Waals surface area contributed by atoms with Crippen LogP contribution in [0.1, 0.15) is 103 Å². The fraction of sp³-hybridized carbons (Fsp3) is 0.486. The van der Waals surface area contributed by atoms with Crippen molar-refractivity contribution in [1.82, 2.24) is 0 Å². The average molecular weight is 714 g/mol.